The minimum Gasteiger partial charge on any atom is -0.355 e. The van der Waals surface area contributed by atoms with Crippen LogP contribution in [0.3, 0.4) is 0 Å². The molecule has 0 spiro atoms. The maximum atomic E-state index is 12.9. The monoisotopic (exact) mass is 454 g/mol. The van der Waals surface area contributed by atoms with Gasteiger partial charge in [0.05, 0.1) is 6.54 Å². The van der Waals surface area contributed by atoms with E-state index in [-0.39, 0.29) is 17.6 Å². The molecule has 1 aliphatic heterocycles. The Hall–Kier alpha value is -2.71. The molecule has 0 radical (unpaired) electrons. The lowest BCUT2D eigenvalue weighted by Crippen LogP contribution is -2.40. The number of carbonyl (C=O) groups is 1. The topological polar surface area (TPSA) is 71.3 Å². The summed E-state index contributed by atoms with van der Waals surface area (Å²) in [4.78, 5) is 19.2. The third-order valence-electron chi connectivity index (χ3n) is 5.54. The minimum absolute atomic E-state index is 0.0518. The lowest BCUT2D eigenvalue weighted by molar-refractivity contribution is -0.126. The third-order valence-corrected chi connectivity index (χ3v) is 6.58. The van der Waals surface area contributed by atoms with E-state index in [0.29, 0.717) is 24.8 Å². The highest BCUT2D eigenvalue weighted by atomic mass is 32.2. The molecule has 1 fully saturated rings. The standard InChI is InChI=1S/C24H27FN4O2S/c25-21-8-6-18(7-9-21)17-32-15-12-26-24(30)20-10-13-29(14-11-20)16-22-27-23(28-31-22)19-4-2-1-3-5-19/h1-9,20H,10-17H2,(H,26,30). The number of amides is 1. The average molecular weight is 455 g/mol. The summed E-state index contributed by atoms with van der Waals surface area (Å²) in [6.07, 6.45) is 1.66. The van der Waals surface area contributed by atoms with Gasteiger partial charge in [-0.05, 0) is 43.6 Å². The molecule has 1 aliphatic rings. The van der Waals surface area contributed by atoms with Crippen LogP contribution in [0, 0.1) is 11.7 Å². The summed E-state index contributed by atoms with van der Waals surface area (Å²) in [6.45, 7) is 2.92. The number of piperidine rings is 1. The number of halogens is 1. The number of nitrogens with zero attached hydrogens (tertiary/aromatic N) is 3. The van der Waals surface area contributed by atoms with E-state index in [1.807, 2.05) is 30.3 Å². The van der Waals surface area contributed by atoms with E-state index in [9.17, 15) is 9.18 Å². The number of aromatic nitrogens is 2. The van der Waals surface area contributed by atoms with Gasteiger partial charge in [0.1, 0.15) is 5.82 Å². The largest absolute Gasteiger partial charge is 0.355 e. The van der Waals surface area contributed by atoms with Crippen LogP contribution in [-0.2, 0) is 17.1 Å². The number of benzene rings is 2. The van der Waals surface area contributed by atoms with Gasteiger partial charge < -0.3 is 9.84 Å². The van der Waals surface area contributed by atoms with Crippen molar-refractivity contribution in [3.05, 3.63) is 71.9 Å². The zero-order valence-electron chi connectivity index (χ0n) is 17.9. The van der Waals surface area contributed by atoms with Crippen LogP contribution < -0.4 is 5.32 Å². The van der Waals surface area contributed by atoms with Crippen LogP contribution >= 0.6 is 11.8 Å². The second kappa shape index (κ2) is 11.2. The normalized spacial score (nSPS) is 15.0. The van der Waals surface area contributed by atoms with E-state index < -0.39 is 0 Å². The molecule has 1 aromatic heterocycles. The highest BCUT2D eigenvalue weighted by molar-refractivity contribution is 7.98. The maximum Gasteiger partial charge on any atom is 0.241 e. The number of nitrogens with one attached hydrogen (secondary N) is 1. The predicted octanol–water partition coefficient (Wildman–Crippen LogP) is 4.14. The van der Waals surface area contributed by atoms with Crippen LogP contribution in [0.25, 0.3) is 11.4 Å². The van der Waals surface area contributed by atoms with Crippen molar-refractivity contribution in [2.75, 3.05) is 25.4 Å². The van der Waals surface area contributed by atoms with Crippen molar-refractivity contribution in [1.29, 1.82) is 0 Å². The number of hydrogen-bond donors (Lipinski definition) is 1. The average Bonchev–Trinajstić information content (AvgIpc) is 3.29. The number of likely N-dealkylation sites (tertiary alicyclic amines) is 1. The van der Waals surface area contributed by atoms with Crippen molar-refractivity contribution in [2.45, 2.75) is 25.1 Å². The van der Waals surface area contributed by atoms with Gasteiger partial charge in [0.2, 0.25) is 17.6 Å². The van der Waals surface area contributed by atoms with Gasteiger partial charge >= 0.3 is 0 Å². The van der Waals surface area contributed by atoms with Crippen molar-refractivity contribution in [1.82, 2.24) is 20.4 Å². The van der Waals surface area contributed by atoms with E-state index in [1.54, 1.807) is 23.9 Å². The van der Waals surface area contributed by atoms with Gasteiger partial charge in [0.15, 0.2) is 0 Å². The Bertz CT molecular complexity index is 989. The van der Waals surface area contributed by atoms with Crippen LogP contribution in [0.5, 0.6) is 0 Å². The first-order valence-corrected chi connectivity index (χ1v) is 12.0. The molecule has 4 rings (SSSR count). The summed E-state index contributed by atoms with van der Waals surface area (Å²) in [5.41, 5.74) is 2.03. The summed E-state index contributed by atoms with van der Waals surface area (Å²) in [6, 6.07) is 16.3. The summed E-state index contributed by atoms with van der Waals surface area (Å²) in [5, 5.41) is 7.13. The lowest BCUT2D eigenvalue weighted by Gasteiger charge is -2.30. The highest BCUT2D eigenvalue weighted by Crippen LogP contribution is 2.20. The van der Waals surface area contributed by atoms with Crippen LogP contribution in [0.1, 0.15) is 24.3 Å². The Labute approximate surface area is 191 Å². The molecule has 3 aromatic rings. The zero-order chi connectivity index (χ0) is 22.2. The molecule has 0 bridgehead atoms. The number of carbonyl (C=O) groups excluding carboxylic acids is 1. The van der Waals surface area contributed by atoms with Crippen molar-refractivity contribution in [2.24, 2.45) is 5.92 Å². The molecular formula is C24H27FN4O2S. The number of thioether (sulfide) groups is 1. The number of rotatable bonds is 9. The molecule has 0 saturated carbocycles. The maximum absolute atomic E-state index is 12.9. The number of hydrogen-bond acceptors (Lipinski definition) is 6. The summed E-state index contributed by atoms with van der Waals surface area (Å²) in [7, 11) is 0. The second-order valence-electron chi connectivity index (χ2n) is 7.90. The van der Waals surface area contributed by atoms with Crippen molar-refractivity contribution in [3.63, 3.8) is 0 Å². The Morgan fingerprint density at radius 2 is 1.88 bits per heavy atom. The fraction of sp³-hybridized carbons (Fsp3) is 0.375. The molecule has 2 heterocycles. The smallest absolute Gasteiger partial charge is 0.241 e. The molecule has 0 unspecified atom stereocenters. The van der Waals surface area contributed by atoms with E-state index >= 15 is 0 Å². The Balaban J connectivity index is 1.13. The van der Waals surface area contributed by atoms with Crippen molar-refractivity contribution in [3.8, 4) is 11.4 Å². The Morgan fingerprint density at radius 3 is 2.62 bits per heavy atom. The van der Waals surface area contributed by atoms with E-state index in [1.165, 1.54) is 12.1 Å². The van der Waals surface area contributed by atoms with Gasteiger partial charge in [-0.25, -0.2) is 4.39 Å². The Kier molecular flexibility index (Phi) is 7.90. The molecule has 1 saturated heterocycles. The molecule has 168 valence electrons. The van der Waals surface area contributed by atoms with Crippen LogP contribution in [0.4, 0.5) is 4.39 Å². The Morgan fingerprint density at radius 1 is 1.12 bits per heavy atom. The molecule has 1 N–H and O–H groups in total. The summed E-state index contributed by atoms with van der Waals surface area (Å²) < 4.78 is 18.3. The fourth-order valence-electron chi connectivity index (χ4n) is 3.73. The van der Waals surface area contributed by atoms with Gasteiger partial charge in [-0.2, -0.15) is 16.7 Å². The minimum atomic E-state index is -0.217. The molecular weight excluding hydrogens is 427 g/mol. The van der Waals surface area contributed by atoms with Crippen LogP contribution in [0.2, 0.25) is 0 Å². The van der Waals surface area contributed by atoms with Crippen LogP contribution in [-0.4, -0.2) is 46.3 Å². The third kappa shape index (κ3) is 6.40. The first-order valence-electron chi connectivity index (χ1n) is 10.9. The van der Waals surface area contributed by atoms with E-state index in [2.05, 4.69) is 20.4 Å². The molecule has 6 nitrogen and oxygen atoms in total. The second-order valence-corrected chi connectivity index (χ2v) is 9.00. The highest BCUT2D eigenvalue weighted by Gasteiger charge is 2.25. The first kappa shape index (κ1) is 22.5. The van der Waals surface area contributed by atoms with Gasteiger partial charge in [0, 0.05) is 29.5 Å². The molecule has 1 amide bonds. The molecule has 0 aliphatic carbocycles. The van der Waals surface area contributed by atoms with Gasteiger partial charge in [-0.15, -0.1) is 0 Å². The lowest BCUT2D eigenvalue weighted by atomic mass is 9.96. The van der Waals surface area contributed by atoms with Gasteiger partial charge in [-0.1, -0.05) is 47.6 Å². The fourth-order valence-corrected chi connectivity index (χ4v) is 4.55. The van der Waals surface area contributed by atoms with E-state index in [4.69, 9.17) is 4.52 Å². The molecule has 32 heavy (non-hydrogen) atoms. The van der Waals surface area contributed by atoms with E-state index in [0.717, 1.165) is 48.6 Å². The summed E-state index contributed by atoms with van der Waals surface area (Å²) >= 11 is 1.73. The predicted molar refractivity (Wildman–Crippen MR) is 123 cm³/mol. The molecule has 2 aromatic carbocycles. The first-order chi connectivity index (χ1) is 15.7. The van der Waals surface area contributed by atoms with Crippen molar-refractivity contribution >= 4 is 17.7 Å². The summed E-state index contributed by atoms with van der Waals surface area (Å²) in [5.74, 6) is 2.83. The van der Waals surface area contributed by atoms with Gasteiger partial charge in [-0.3, -0.25) is 9.69 Å². The van der Waals surface area contributed by atoms with Crippen molar-refractivity contribution < 1.29 is 13.7 Å². The SMILES string of the molecule is O=C(NCCSCc1ccc(F)cc1)C1CCN(Cc2nc(-c3ccccc3)no2)CC1. The van der Waals surface area contributed by atoms with Crippen LogP contribution in [0.15, 0.2) is 59.1 Å². The quantitative estimate of drug-likeness (QED) is 0.490. The van der Waals surface area contributed by atoms with Gasteiger partial charge in [0.25, 0.3) is 0 Å². The molecule has 8 heteroatoms. The zero-order valence-corrected chi connectivity index (χ0v) is 18.7. The molecule has 0 atom stereocenters.